The molecular weight excluding hydrogens is 466 g/mol. The highest BCUT2D eigenvalue weighted by atomic mass is 32.2. The van der Waals surface area contributed by atoms with Crippen molar-refractivity contribution in [2.75, 3.05) is 25.2 Å². The SMILES string of the molecule is CNC(=O)c1ccnc2c(CC(CNc3cc(-c4cnc(C)nc4S)ncn3)SC)cccc12. The Morgan fingerprint density at radius 3 is 2.79 bits per heavy atom. The number of fused-ring (bicyclic) bond motifs is 1. The van der Waals surface area contributed by atoms with E-state index in [9.17, 15) is 4.79 Å². The fourth-order valence-corrected chi connectivity index (χ4v) is 4.59. The van der Waals surface area contributed by atoms with Gasteiger partial charge >= 0.3 is 0 Å². The Balaban J connectivity index is 1.51. The highest BCUT2D eigenvalue weighted by Crippen LogP contribution is 2.26. The molecule has 1 aromatic carbocycles. The summed E-state index contributed by atoms with van der Waals surface area (Å²) in [5.41, 5.74) is 4.06. The first-order chi connectivity index (χ1) is 16.5. The Morgan fingerprint density at radius 2 is 2.03 bits per heavy atom. The lowest BCUT2D eigenvalue weighted by Crippen LogP contribution is -2.20. The van der Waals surface area contributed by atoms with Crippen molar-refractivity contribution in [3.63, 3.8) is 0 Å². The molecule has 1 amide bonds. The molecule has 0 saturated carbocycles. The van der Waals surface area contributed by atoms with Gasteiger partial charge in [-0.3, -0.25) is 9.78 Å². The zero-order valence-corrected chi connectivity index (χ0v) is 20.8. The number of aromatic nitrogens is 5. The average molecular weight is 492 g/mol. The monoisotopic (exact) mass is 491 g/mol. The molecule has 2 N–H and O–H groups in total. The van der Waals surface area contributed by atoms with Crippen LogP contribution in [0.4, 0.5) is 5.82 Å². The van der Waals surface area contributed by atoms with Crippen molar-refractivity contribution in [1.82, 2.24) is 30.2 Å². The van der Waals surface area contributed by atoms with Crippen LogP contribution in [0.5, 0.6) is 0 Å². The van der Waals surface area contributed by atoms with Gasteiger partial charge in [-0.1, -0.05) is 18.2 Å². The van der Waals surface area contributed by atoms with Gasteiger partial charge in [0.15, 0.2) is 0 Å². The first-order valence-corrected chi connectivity index (χ1v) is 12.4. The van der Waals surface area contributed by atoms with Gasteiger partial charge in [0.1, 0.15) is 23.0 Å². The van der Waals surface area contributed by atoms with Crippen molar-refractivity contribution in [2.45, 2.75) is 23.6 Å². The van der Waals surface area contributed by atoms with Crippen molar-refractivity contribution in [2.24, 2.45) is 0 Å². The number of amides is 1. The van der Waals surface area contributed by atoms with Gasteiger partial charge in [-0.2, -0.15) is 11.8 Å². The molecule has 3 heterocycles. The highest BCUT2D eigenvalue weighted by molar-refractivity contribution is 7.99. The summed E-state index contributed by atoms with van der Waals surface area (Å²) in [4.78, 5) is 34.1. The second-order valence-corrected chi connectivity index (χ2v) is 9.20. The quantitative estimate of drug-likeness (QED) is 0.252. The minimum atomic E-state index is -0.115. The molecule has 3 aromatic heterocycles. The number of hydrogen-bond donors (Lipinski definition) is 3. The standard InChI is InChI=1S/C24H25N7OS2/c1-14-27-12-19(24(33)31-14)20-10-21(30-13-29-20)28-11-16(34-3)9-15-5-4-6-17-18(23(32)25-2)7-8-26-22(15)17/h4-8,10,12-13,16H,9,11H2,1-3H3,(H,25,32)(H,27,31,33)(H,28,29,30). The minimum absolute atomic E-state index is 0.115. The van der Waals surface area contributed by atoms with Crippen LogP contribution in [0.15, 0.2) is 54.1 Å². The van der Waals surface area contributed by atoms with Gasteiger partial charge in [0, 0.05) is 42.7 Å². The number of hydrogen-bond acceptors (Lipinski definition) is 9. The summed E-state index contributed by atoms with van der Waals surface area (Å²) in [7, 11) is 1.63. The third-order valence-electron chi connectivity index (χ3n) is 5.45. The van der Waals surface area contributed by atoms with Crippen LogP contribution < -0.4 is 10.6 Å². The predicted octanol–water partition coefficient (Wildman–Crippen LogP) is 3.82. The molecule has 1 atom stereocenters. The molecular formula is C24H25N7OS2. The zero-order chi connectivity index (χ0) is 24.1. The van der Waals surface area contributed by atoms with Crippen LogP contribution in [0.3, 0.4) is 0 Å². The number of nitrogens with one attached hydrogen (secondary N) is 2. The molecule has 4 aromatic rings. The zero-order valence-electron chi connectivity index (χ0n) is 19.1. The topological polar surface area (TPSA) is 106 Å². The van der Waals surface area contributed by atoms with Crippen LogP contribution in [-0.2, 0) is 6.42 Å². The molecule has 0 radical (unpaired) electrons. The smallest absolute Gasteiger partial charge is 0.251 e. The molecule has 0 spiro atoms. The number of aryl methyl sites for hydroxylation is 1. The molecule has 0 saturated heterocycles. The lowest BCUT2D eigenvalue weighted by molar-refractivity contribution is 0.0964. The summed E-state index contributed by atoms with van der Waals surface area (Å²) in [6.07, 6.45) is 7.81. The summed E-state index contributed by atoms with van der Waals surface area (Å²) in [6.45, 7) is 2.52. The summed E-state index contributed by atoms with van der Waals surface area (Å²) in [5, 5.41) is 7.82. The molecule has 34 heavy (non-hydrogen) atoms. The lowest BCUT2D eigenvalue weighted by Gasteiger charge is -2.17. The third-order valence-corrected chi connectivity index (χ3v) is 6.79. The fourth-order valence-electron chi connectivity index (χ4n) is 3.68. The molecule has 0 bridgehead atoms. The Hall–Kier alpha value is -3.24. The molecule has 174 valence electrons. The van der Waals surface area contributed by atoms with Gasteiger partial charge < -0.3 is 10.6 Å². The Bertz CT molecular complexity index is 1330. The number of rotatable bonds is 8. The second kappa shape index (κ2) is 10.8. The molecule has 0 aliphatic carbocycles. The van der Waals surface area contributed by atoms with E-state index in [1.54, 1.807) is 37.3 Å². The van der Waals surface area contributed by atoms with Gasteiger partial charge in [0.2, 0.25) is 0 Å². The van der Waals surface area contributed by atoms with Crippen LogP contribution in [0.2, 0.25) is 0 Å². The number of carbonyl (C=O) groups is 1. The van der Waals surface area contributed by atoms with E-state index in [-0.39, 0.29) is 11.2 Å². The number of nitrogens with zero attached hydrogens (tertiary/aromatic N) is 5. The van der Waals surface area contributed by atoms with Crippen molar-refractivity contribution < 1.29 is 4.79 Å². The summed E-state index contributed by atoms with van der Waals surface area (Å²) >= 11 is 6.22. The largest absolute Gasteiger partial charge is 0.369 e. The Morgan fingerprint density at radius 1 is 1.18 bits per heavy atom. The van der Waals surface area contributed by atoms with Gasteiger partial charge in [0.25, 0.3) is 5.91 Å². The van der Waals surface area contributed by atoms with Gasteiger partial charge in [-0.15, -0.1) is 12.6 Å². The van der Waals surface area contributed by atoms with Gasteiger partial charge in [-0.25, -0.2) is 19.9 Å². The molecule has 0 aliphatic heterocycles. The van der Waals surface area contributed by atoms with E-state index in [1.165, 1.54) is 6.33 Å². The molecule has 4 rings (SSSR count). The number of thiol groups is 1. The predicted molar refractivity (Wildman–Crippen MR) is 140 cm³/mol. The Kier molecular flexibility index (Phi) is 7.59. The average Bonchev–Trinajstić information content (AvgIpc) is 2.86. The van der Waals surface area contributed by atoms with Gasteiger partial charge in [-0.05, 0) is 31.2 Å². The number of para-hydroxylation sites is 1. The molecule has 1 unspecified atom stereocenters. The molecule has 10 heteroatoms. The van der Waals surface area contributed by atoms with Crippen LogP contribution in [0, 0.1) is 6.92 Å². The summed E-state index contributed by atoms with van der Waals surface area (Å²) < 4.78 is 0. The van der Waals surface area contributed by atoms with E-state index < -0.39 is 0 Å². The van der Waals surface area contributed by atoms with Crippen molar-refractivity contribution >= 4 is 47.0 Å². The lowest BCUT2D eigenvalue weighted by atomic mass is 10.0. The van der Waals surface area contributed by atoms with E-state index in [0.29, 0.717) is 28.7 Å². The van der Waals surface area contributed by atoms with Crippen LogP contribution in [-0.4, -0.2) is 55.9 Å². The van der Waals surface area contributed by atoms with Crippen LogP contribution in [0.25, 0.3) is 22.2 Å². The van der Waals surface area contributed by atoms with Crippen LogP contribution in [0.1, 0.15) is 21.7 Å². The van der Waals surface area contributed by atoms with E-state index in [2.05, 4.69) is 60.5 Å². The maximum absolute atomic E-state index is 12.3. The maximum Gasteiger partial charge on any atom is 0.251 e. The van der Waals surface area contributed by atoms with Gasteiger partial charge in [0.05, 0.1) is 22.3 Å². The number of pyridine rings is 1. The van der Waals surface area contributed by atoms with Crippen molar-refractivity contribution in [3.05, 3.63) is 66.0 Å². The second-order valence-electron chi connectivity index (χ2n) is 7.64. The first kappa shape index (κ1) is 23.9. The van der Waals surface area contributed by atoms with E-state index in [0.717, 1.165) is 34.3 Å². The maximum atomic E-state index is 12.3. The van der Waals surface area contributed by atoms with E-state index in [1.807, 2.05) is 25.1 Å². The molecule has 0 aliphatic rings. The number of thioether (sulfide) groups is 1. The minimum Gasteiger partial charge on any atom is -0.369 e. The number of carbonyl (C=O) groups excluding carboxylic acids is 1. The normalized spacial score (nSPS) is 11.9. The van der Waals surface area contributed by atoms with E-state index in [4.69, 9.17) is 0 Å². The number of benzene rings is 1. The molecule has 0 fully saturated rings. The first-order valence-electron chi connectivity index (χ1n) is 10.7. The fraction of sp³-hybridized carbons (Fsp3) is 0.250. The Labute approximate surface area is 207 Å². The van der Waals surface area contributed by atoms with Crippen molar-refractivity contribution in [3.8, 4) is 11.3 Å². The molecule has 8 nitrogen and oxygen atoms in total. The summed E-state index contributed by atoms with van der Waals surface area (Å²) in [5.74, 6) is 1.26. The third kappa shape index (κ3) is 5.28. The highest BCUT2D eigenvalue weighted by Gasteiger charge is 2.15. The van der Waals surface area contributed by atoms with Crippen LogP contribution >= 0.6 is 24.4 Å². The van der Waals surface area contributed by atoms with Crippen molar-refractivity contribution in [1.29, 1.82) is 0 Å². The summed E-state index contributed by atoms with van der Waals surface area (Å²) in [6, 6.07) is 9.61. The number of anilines is 1. The van der Waals surface area contributed by atoms with E-state index >= 15 is 0 Å².